The van der Waals surface area contributed by atoms with Gasteiger partial charge in [0.05, 0.1) is 33.8 Å². The van der Waals surface area contributed by atoms with E-state index < -0.39 is 0 Å². The summed E-state index contributed by atoms with van der Waals surface area (Å²) in [7, 11) is 0. The largest absolute Gasteiger partial charge is 0.323 e. The number of nitrogens with one attached hydrogen (secondary N) is 4. The van der Waals surface area contributed by atoms with Crippen molar-refractivity contribution >= 4 is 34.2 Å². The van der Waals surface area contributed by atoms with Crippen molar-refractivity contribution in [2.24, 2.45) is 0 Å². The van der Waals surface area contributed by atoms with Crippen LogP contribution in [0.2, 0.25) is 0 Å². The third-order valence-corrected chi connectivity index (χ3v) is 5.69. The molecule has 0 aliphatic rings. The van der Waals surface area contributed by atoms with Crippen molar-refractivity contribution in [1.82, 2.24) is 19.7 Å². The fourth-order valence-corrected chi connectivity index (χ4v) is 3.95. The molecule has 0 bridgehead atoms. The summed E-state index contributed by atoms with van der Waals surface area (Å²) in [5, 5.41) is 10.3. The lowest BCUT2D eigenvalue weighted by Gasteiger charge is -2.09. The third-order valence-electron chi connectivity index (χ3n) is 5.69. The van der Waals surface area contributed by atoms with Gasteiger partial charge in [0.2, 0.25) is 0 Å². The Morgan fingerprint density at radius 1 is 0.800 bits per heavy atom. The summed E-state index contributed by atoms with van der Waals surface area (Å²) < 4.78 is 1.79. The molecule has 0 unspecified atom stereocenters. The predicted molar refractivity (Wildman–Crippen MR) is 134 cm³/mol. The van der Waals surface area contributed by atoms with Gasteiger partial charge in [-0.1, -0.05) is 24.3 Å². The number of carbonyl (C=O) groups is 2. The third kappa shape index (κ3) is 4.34. The highest BCUT2D eigenvalue weighted by Crippen LogP contribution is 2.24. The summed E-state index contributed by atoms with van der Waals surface area (Å²) in [6, 6.07) is 21.2. The second-order valence-corrected chi connectivity index (χ2v) is 8.12. The number of amides is 2. The lowest BCUT2D eigenvalue weighted by Crippen LogP contribution is -2.15. The van der Waals surface area contributed by atoms with Crippen molar-refractivity contribution in [3.05, 3.63) is 106 Å². The standard InChI is InChI=1S/C26H22N6O3/c1-15-23(16(2)32(31-15)20-9-4-3-5-10-20)30-25(34)17-7-6-8-19(13-17)27-24(33)18-11-12-21-22(14-18)29-26(35)28-21/h3-14H,1-2H3,(H,27,33)(H,30,34)(H2,28,29,35). The molecular weight excluding hydrogens is 444 g/mol. The van der Waals surface area contributed by atoms with Crippen molar-refractivity contribution in [3.8, 4) is 5.69 Å². The van der Waals surface area contributed by atoms with Crippen LogP contribution in [-0.2, 0) is 0 Å². The van der Waals surface area contributed by atoms with E-state index in [9.17, 15) is 14.4 Å². The zero-order valence-electron chi connectivity index (χ0n) is 19.0. The summed E-state index contributed by atoms with van der Waals surface area (Å²) in [5.41, 5.74) is 5.11. The van der Waals surface area contributed by atoms with Gasteiger partial charge in [-0.25, -0.2) is 9.48 Å². The molecule has 0 spiro atoms. The number of carbonyl (C=O) groups excluding carboxylic acids is 2. The number of hydrogen-bond donors (Lipinski definition) is 4. The fraction of sp³-hybridized carbons (Fsp3) is 0.0769. The maximum atomic E-state index is 13.0. The average molecular weight is 467 g/mol. The van der Waals surface area contributed by atoms with E-state index in [1.165, 1.54) is 0 Å². The maximum absolute atomic E-state index is 13.0. The van der Waals surface area contributed by atoms with E-state index in [-0.39, 0.29) is 17.5 Å². The van der Waals surface area contributed by atoms with E-state index >= 15 is 0 Å². The number of hydrogen-bond acceptors (Lipinski definition) is 4. The van der Waals surface area contributed by atoms with Gasteiger partial charge in [0.25, 0.3) is 11.8 Å². The number of nitrogens with zero attached hydrogens (tertiary/aromatic N) is 2. The quantitative estimate of drug-likeness (QED) is 0.310. The number of anilines is 2. The first-order valence-corrected chi connectivity index (χ1v) is 11.0. The van der Waals surface area contributed by atoms with E-state index in [4.69, 9.17) is 0 Å². The first-order chi connectivity index (χ1) is 16.9. The van der Waals surface area contributed by atoms with Crippen molar-refractivity contribution < 1.29 is 9.59 Å². The molecule has 4 N–H and O–H groups in total. The molecule has 2 heterocycles. The highest BCUT2D eigenvalue weighted by molar-refractivity contribution is 6.08. The highest BCUT2D eigenvalue weighted by atomic mass is 16.2. The van der Waals surface area contributed by atoms with Crippen LogP contribution in [0.1, 0.15) is 32.1 Å². The lowest BCUT2D eigenvalue weighted by molar-refractivity contribution is 0.101. The highest BCUT2D eigenvalue weighted by Gasteiger charge is 2.17. The van der Waals surface area contributed by atoms with E-state index in [0.717, 1.165) is 11.4 Å². The number of aromatic nitrogens is 4. The first kappa shape index (κ1) is 21.9. The molecule has 0 saturated carbocycles. The topological polar surface area (TPSA) is 125 Å². The van der Waals surface area contributed by atoms with Gasteiger partial charge < -0.3 is 20.6 Å². The Labute approximate surface area is 199 Å². The van der Waals surface area contributed by atoms with Gasteiger partial charge in [-0.2, -0.15) is 5.10 Å². The van der Waals surface area contributed by atoms with Crippen molar-refractivity contribution in [1.29, 1.82) is 0 Å². The molecule has 3 aromatic carbocycles. The summed E-state index contributed by atoms with van der Waals surface area (Å²) in [6.45, 7) is 3.74. The molecule has 2 amide bonds. The van der Waals surface area contributed by atoms with E-state index in [1.807, 2.05) is 44.2 Å². The normalized spacial score (nSPS) is 10.9. The number of aryl methyl sites for hydroxylation is 1. The molecular formula is C26H22N6O3. The number of benzene rings is 3. The predicted octanol–water partition coefficient (Wildman–Crippen LogP) is 4.16. The second-order valence-electron chi connectivity index (χ2n) is 8.12. The summed E-state index contributed by atoms with van der Waals surface area (Å²) >= 11 is 0. The molecule has 0 aliphatic heterocycles. The van der Waals surface area contributed by atoms with Crippen molar-refractivity contribution in [3.63, 3.8) is 0 Å². The SMILES string of the molecule is Cc1nn(-c2ccccc2)c(C)c1NC(=O)c1cccc(NC(=O)c2ccc3[nH]c(=O)[nH]c3c2)c1. The minimum Gasteiger partial charge on any atom is -0.322 e. The summed E-state index contributed by atoms with van der Waals surface area (Å²) in [4.78, 5) is 42.5. The van der Waals surface area contributed by atoms with Gasteiger partial charge in [-0.3, -0.25) is 9.59 Å². The van der Waals surface area contributed by atoms with Gasteiger partial charge in [0, 0.05) is 16.8 Å². The molecule has 9 nitrogen and oxygen atoms in total. The molecule has 5 aromatic rings. The number of para-hydroxylation sites is 1. The molecule has 0 saturated heterocycles. The zero-order valence-corrected chi connectivity index (χ0v) is 19.0. The van der Waals surface area contributed by atoms with Gasteiger partial charge in [-0.05, 0) is 62.4 Å². The van der Waals surface area contributed by atoms with Crippen LogP contribution in [0.3, 0.4) is 0 Å². The fourth-order valence-electron chi connectivity index (χ4n) is 3.95. The molecule has 0 atom stereocenters. The van der Waals surface area contributed by atoms with Crippen LogP contribution in [0.5, 0.6) is 0 Å². The molecule has 2 aromatic heterocycles. The molecule has 5 rings (SSSR count). The summed E-state index contributed by atoms with van der Waals surface area (Å²) in [5.74, 6) is -0.673. The van der Waals surface area contributed by atoms with Crippen molar-refractivity contribution in [2.45, 2.75) is 13.8 Å². The Hall–Kier alpha value is -4.92. The zero-order chi connectivity index (χ0) is 24.5. The van der Waals surface area contributed by atoms with Crippen LogP contribution in [0.15, 0.2) is 77.6 Å². The van der Waals surface area contributed by atoms with Gasteiger partial charge >= 0.3 is 5.69 Å². The van der Waals surface area contributed by atoms with Crippen LogP contribution in [0.25, 0.3) is 16.7 Å². The number of imidazole rings is 1. The monoisotopic (exact) mass is 466 g/mol. The number of H-pyrrole nitrogens is 2. The number of fused-ring (bicyclic) bond motifs is 1. The molecule has 174 valence electrons. The lowest BCUT2D eigenvalue weighted by atomic mass is 10.1. The minimum atomic E-state index is -0.359. The first-order valence-electron chi connectivity index (χ1n) is 11.0. The Morgan fingerprint density at radius 3 is 2.31 bits per heavy atom. The van der Waals surface area contributed by atoms with E-state index in [0.29, 0.717) is 39.2 Å². The van der Waals surface area contributed by atoms with Crippen LogP contribution in [0.4, 0.5) is 11.4 Å². The number of rotatable bonds is 5. The molecule has 35 heavy (non-hydrogen) atoms. The Balaban J connectivity index is 1.34. The smallest absolute Gasteiger partial charge is 0.322 e. The Morgan fingerprint density at radius 2 is 1.51 bits per heavy atom. The molecule has 9 heteroatoms. The molecule has 0 radical (unpaired) electrons. The Kier molecular flexibility index (Phi) is 5.50. The van der Waals surface area contributed by atoms with Crippen molar-refractivity contribution in [2.75, 3.05) is 10.6 Å². The van der Waals surface area contributed by atoms with Crippen LogP contribution in [0, 0.1) is 13.8 Å². The van der Waals surface area contributed by atoms with Gasteiger partial charge in [0.1, 0.15) is 0 Å². The number of aromatic amines is 2. The summed E-state index contributed by atoms with van der Waals surface area (Å²) in [6.07, 6.45) is 0. The van der Waals surface area contributed by atoms with Gasteiger partial charge in [-0.15, -0.1) is 0 Å². The van der Waals surface area contributed by atoms with Crippen LogP contribution < -0.4 is 16.3 Å². The van der Waals surface area contributed by atoms with E-state index in [2.05, 4.69) is 25.7 Å². The maximum Gasteiger partial charge on any atom is 0.323 e. The van der Waals surface area contributed by atoms with Gasteiger partial charge in [0.15, 0.2) is 0 Å². The van der Waals surface area contributed by atoms with Crippen LogP contribution >= 0.6 is 0 Å². The molecule has 0 aliphatic carbocycles. The van der Waals surface area contributed by atoms with Crippen LogP contribution in [-0.4, -0.2) is 31.6 Å². The average Bonchev–Trinajstić information content (AvgIpc) is 3.37. The molecule has 0 fully saturated rings. The second kappa shape index (κ2) is 8.79. The minimum absolute atomic E-state index is 0.314. The Bertz CT molecular complexity index is 1630. The van der Waals surface area contributed by atoms with E-state index in [1.54, 1.807) is 47.1 Å².